The summed E-state index contributed by atoms with van der Waals surface area (Å²) in [5.41, 5.74) is 0. The van der Waals surface area contributed by atoms with E-state index in [1.165, 1.54) is 0 Å². The summed E-state index contributed by atoms with van der Waals surface area (Å²) in [4.78, 5) is 11.4. The highest BCUT2D eigenvalue weighted by Crippen LogP contribution is 2.34. The minimum absolute atomic E-state index is 0.0558. The van der Waals surface area contributed by atoms with E-state index in [0.29, 0.717) is 12.2 Å². The molecular weight excluding hydrogens is 156 g/mol. The maximum Gasteiger partial charge on any atom is 0.138 e. The SMILES string of the molecule is O=C1CCCC2OC(CO)CC12. The van der Waals surface area contributed by atoms with Gasteiger partial charge in [0.25, 0.3) is 0 Å². The first-order chi connectivity index (χ1) is 5.81. The zero-order chi connectivity index (χ0) is 8.55. The second kappa shape index (κ2) is 3.15. The fourth-order valence-electron chi connectivity index (χ4n) is 2.22. The van der Waals surface area contributed by atoms with Gasteiger partial charge >= 0.3 is 0 Å². The van der Waals surface area contributed by atoms with E-state index in [4.69, 9.17) is 9.84 Å². The Bertz CT molecular complexity index is 190. The van der Waals surface area contributed by atoms with Gasteiger partial charge in [-0.25, -0.2) is 0 Å². The van der Waals surface area contributed by atoms with Crippen LogP contribution in [0.25, 0.3) is 0 Å². The second-order valence-corrected chi connectivity index (χ2v) is 3.68. The van der Waals surface area contributed by atoms with Gasteiger partial charge in [-0.15, -0.1) is 0 Å². The molecule has 0 bridgehead atoms. The van der Waals surface area contributed by atoms with Crippen LogP contribution in [0.4, 0.5) is 0 Å². The van der Waals surface area contributed by atoms with Gasteiger partial charge in [-0.1, -0.05) is 0 Å². The summed E-state index contributed by atoms with van der Waals surface area (Å²) in [6, 6.07) is 0. The molecule has 1 aliphatic carbocycles. The van der Waals surface area contributed by atoms with Crippen molar-refractivity contribution in [1.82, 2.24) is 0 Å². The topological polar surface area (TPSA) is 46.5 Å². The van der Waals surface area contributed by atoms with Gasteiger partial charge in [-0.3, -0.25) is 4.79 Å². The minimum atomic E-state index is -0.0814. The van der Waals surface area contributed by atoms with E-state index in [2.05, 4.69) is 0 Å². The predicted octanol–water partition coefficient (Wildman–Crippen LogP) is 0.505. The molecule has 12 heavy (non-hydrogen) atoms. The van der Waals surface area contributed by atoms with Crippen LogP contribution in [0.5, 0.6) is 0 Å². The minimum Gasteiger partial charge on any atom is -0.394 e. The predicted molar refractivity (Wildman–Crippen MR) is 42.7 cm³/mol. The van der Waals surface area contributed by atoms with Crippen LogP contribution in [-0.2, 0) is 9.53 Å². The average molecular weight is 170 g/mol. The Hall–Kier alpha value is -0.410. The summed E-state index contributed by atoms with van der Waals surface area (Å²) in [5.74, 6) is 0.429. The van der Waals surface area contributed by atoms with Crippen molar-refractivity contribution >= 4 is 5.78 Å². The van der Waals surface area contributed by atoms with Crippen molar-refractivity contribution in [2.75, 3.05) is 6.61 Å². The summed E-state index contributed by atoms with van der Waals surface area (Å²) in [6.45, 7) is 0.0558. The van der Waals surface area contributed by atoms with Gasteiger partial charge < -0.3 is 9.84 Å². The van der Waals surface area contributed by atoms with Crippen LogP contribution in [0, 0.1) is 5.92 Å². The number of carbonyl (C=O) groups is 1. The van der Waals surface area contributed by atoms with Crippen LogP contribution in [0.15, 0.2) is 0 Å². The van der Waals surface area contributed by atoms with Crippen LogP contribution in [-0.4, -0.2) is 29.7 Å². The van der Waals surface area contributed by atoms with Crippen molar-refractivity contribution in [3.63, 3.8) is 0 Å². The Labute approximate surface area is 71.7 Å². The third kappa shape index (κ3) is 1.27. The van der Waals surface area contributed by atoms with E-state index in [0.717, 1.165) is 19.3 Å². The van der Waals surface area contributed by atoms with E-state index in [9.17, 15) is 4.79 Å². The largest absolute Gasteiger partial charge is 0.394 e. The van der Waals surface area contributed by atoms with Gasteiger partial charge in [-0.2, -0.15) is 0 Å². The number of hydrogen-bond acceptors (Lipinski definition) is 3. The number of carbonyl (C=O) groups excluding carboxylic acids is 1. The molecule has 2 fully saturated rings. The molecule has 1 aliphatic heterocycles. The normalized spacial score (nSPS) is 41.4. The Morgan fingerprint density at radius 2 is 2.42 bits per heavy atom. The first-order valence-corrected chi connectivity index (χ1v) is 4.60. The van der Waals surface area contributed by atoms with Gasteiger partial charge in [0.1, 0.15) is 5.78 Å². The molecular formula is C9H14O3. The molecule has 68 valence electrons. The highest BCUT2D eigenvalue weighted by molar-refractivity contribution is 5.82. The zero-order valence-electron chi connectivity index (χ0n) is 7.03. The van der Waals surface area contributed by atoms with E-state index in [-0.39, 0.29) is 24.7 Å². The second-order valence-electron chi connectivity index (χ2n) is 3.68. The average Bonchev–Trinajstić information content (AvgIpc) is 2.49. The van der Waals surface area contributed by atoms with Gasteiger partial charge in [0.2, 0.25) is 0 Å². The standard InChI is InChI=1S/C9H14O3/c10-5-6-4-7-8(11)2-1-3-9(7)12-6/h6-7,9-10H,1-5H2. The highest BCUT2D eigenvalue weighted by Gasteiger charge is 2.40. The van der Waals surface area contributed by atoms with Crippen molar-refractivity contribution in [2.24, 2.45) is 5.92 Å². The zero-order valence-corrected chi connectivity index (χ0v) is 7.03. The molecule has 0 aromatic rings. The third-order valence-electron chi connectivity index (χ3n) is 2.86. The Morgan fingerprint density at radius 3 is 3.08 bits per heavy atom. The molecule has 3 nitrogen and oxygen atoms in total. The number of aliphatic hydroxyl groups excluding tert-OH is 1. The molecule has 0 spiro atoms. The van der Waals surface area contributed by atoms with Gasteiger partial charge in [0.15, 0.2) is 0 Å². The molecule has 3 atom stereocenters. The molecule has 1 saturated heterocycles. The van der Waals surface area contributed by atoms with Crippen LogP contribution in [0.3, 0.4) is 0 Å². The van der Waals surface area contributed by atoms with Crippen LogP contribution in [0.2, 0.25) is 0 Å². The van der Waals surface area contributed by atoms with E-state index >= 15 is 0 Å². The van der Waals surface area contributed by atoms with E-state index in [1.807, 2.05) is 0 Å². The molecule has 1 saturated carbocycles. The molecule has 3 heteroatoms. The Balaban J connectivity index is 2.04. The Morgan fingerprint density at radius 1 is 1.58 bits per heavy atom. The van der Waals surface area contributed by atoms with E-state index in [1.54, 1.807) is 0 Å². The number of aliphatic hydroxyl groups is 1. The molecule has 0 amide bonds. The van der Waals surface area contributed by atoms with Crippen molar-refractivity contribution < 1.29 is 14.6 Å². The monoisotopic (exact) mass is 170 g/mol. The molecule has 2 aliphatic rings. The van der Waals surface area contributed by atoms with Crippen molar-refractivity contribution in [1.29, 1.82) is 0 Å². The quantitative estimate of drug-likeness (QED) is 0.623. The third-order valence-corrected chi connectivity index (χ3v) is 2.86. The van der Waals surface area contributed by atoms with Crippen molar-refractivity contribution in [2.45, 2.75) is 37.9 Å². The van der Waals surface area contributed by atoms with Crippen molar-refractivity contribution in [3.05, 3.63) is 0 Å². The highest BCUT2D eigenvalue weighted by atomic mass is 16.5. The lowest BCUT2D eigenvalue weighted by Crippen LogP contribution is -2.28. The summed E-state index contributed by atoms with van der Waals surface area (Å²) < 4.78 is 5.51. The van der Waals surface area contributed by atoms with Gasteiger partial charge in [-0.05, 0) is 19.3 Å². The van der Waals surface area contributed by atoms with Crippen LogP contribution in [0.1, 0.15) is 25.7 Å². The summed E-state index contributed by atoms with van der Waals surface area (Å²) in [5, 5.41) is 8.86. The van der Waals surface area contributed by atoms with Crippen LogP contribution >= 0.6 is 0 Å². The van der Waals surface area contributed by atoms with Crippen molar-refractivity contribution in [3.8, 4) is 0 Å². The molecule has 1 N–H and O–H groups in total. The fraction of sp³-hybridized carbons (Fsp3) is 0.889. The number of ether oxygens (including phenoxy) is 1. The number of hydrogen-bond donors (Lipinski definition) is 1. The number of Topliss-reactive ketones (excluding diaryl/α,β-unsaturated/α-hetero) is 1. The lowest BCUT2D eigenvalue weighted by atomic mass is 9.84. The lowest BCUT2D eigenvalue weighted by molar-refractivity contribution is -0.127. The molecule has 0 aromatic carbocycles. The molecule has 1 heterocycles. The number of rotatable bonds is 1. The summed E-state index contributed by atoms with van der Waals surface area (Å²) in [6.07, 6.45) is 3.43. The molecule has 2 rings (SSSR count). The van der Waals surface area contributed by atoms with Crippen LogP contribution < -0.4 is 0 Å². The molecule has 0 radical (unpaired) electrons. The first kappa shape index (κ1) is 8.20. The first-order valence-electron chi connectivity index (χ1n) is 4.60. The Kier molecular flexibility index (Phi) is 2.15. The van der Waals surface area contributed by atoms with Gasteiger partial charge in [0, 0.05) is 12.3 Å². The lowest BCUT2D eigenvalue weighted by Gasteiger charge is -2.21. The summed E-state index contributed by atoms with van der Waals surface area (Å²) >= 11 is 0. The number of fused-ring (bicyclic) bond motifs is 1. The summed E-state index contributed by atoms with van der Waals surface area (Å²) in [7, 11) is 0. The smallest absolute Gasteiger partial charge is 0.138 e. The fourth-order valence-corrected chi connectivity index (χ4v) is 2.22. The molecule has 3 unspecified atom stereocenters. The van der Waals surface area contributed by atoms with Gasteiger partial charge in [0.05, 0.1) is 18.8 Å². The molecule has 0 aromatic heterocycles. The maximum atomic E-state index is 11.4. The van der Waals surface area contributed by atoms with E-state index < -0.39 is 0 Å². The maximum absolute atomic E-state index is 11.4. The number of ketones is 1.